The minimum atomic E-state index is -0.762. The van der Waals surface area contributed by atoms with Crippen LogP contribution in [0, 0.1) is 0 Å². The number of hydrogen-bond donors (Lipinski definition) is 3. The predicted molar refractivity (Wildman–Crippen MR) is 36.0 cm³/mol. The molecule has 56 valence electrons. The summed E-state index contributed by atoms with van der Waals surface area (Å²) in [5, 5.41) is 17.6. The van der Waals surface area contributed by atoms with Gasteiger partial charge in [-0.15, -0.1) is 0 Å². The van der Waals surface area contributed by atoms with E-state index in [1.165, 1.54) is 0 Å². The third-order valence-electron chi connectivity index (χ3n) is 0.996. The molecule has 0 saturated heterocycles. The first-order valence-electron chi connectivity index (χ1n) is 3.04. The lowest BCUT2D eigenvalue weighted by molar-refractivity contribution is 0.0557. The van der Waals surface area contributed by atoms with Crippen LogP contribution in [0.25, 0.3) is 0 Å². The molecule has 0 unspecified atom stereocenters. The summed E-state index contributed by atoms with van der Waals surface area (Å²) in [4.78, 5) is 0. The van der Waals surface area contributed by atoms with Crippen LogP contribution in [-0.2, 0) is 0 Å². The first kappa shape index (κ1) is 8.88. The second-order valence-electron chi connectivity index (χ2n) is 2.96. The highest BCUT2D eigenvalue weighted by molar-refractivity contribution is 4.72. The van der Waals surface area contributed by atoms with E-state index in [9.17, 15) is 0 Å². The molecule has 0 aromatic rings. The van der Waals surface area contributed by atoms with Gasteiger partial charge < -0.3 is 15.9 Å². The van der Waals surface area contributed by atoms with E-state index >= 15 is 0 Å². The summed E-state index contributed by atoms with van der Waals surface area (Å²) in [7, 11) is 0. The summed E-state index contributed by atoms with van der Waals surface area (Å²) in [6.45, 7) is 3.27. The van der Waals surface area contributed by atoms with Crippen molar-refractivity contribution in [2.75, 3.05) is 6.61 Å². The maximum Gasteiger partial charge on any atom is 0.0607 e. The second kappa shape index (κ2) is 3.15. The standard InChI is InChI=1S/C6H15NO2/c1-6(2,9)3-5(7)4-8/h5,8-9H,3-4,7H2,1-2H3/t5-/m0/s1. The SMILES string of the molecule is CC(C)(O)C[C@H](N)CO. The van der Waals surface area contributed by atoms with Gasteiger partial charge in [0.1, 0.15) is 0 Å². The average Bonchev–Trinajstić information content (AvgIpc) is 1.62. The molecule has 0 aromatic heterocycles. The highest BCUT2D eigenvalue weighted by Crippen LogP contribution is 2.08. The molecular formula is C6H15NO2. The quantitative estimate of drug-likeness (QED) is 0.484. The summed E-state index contributed by atoms with van der Waals surface area (Å²) in [5.74, 6) is 0. The molecule has 3 heteroatoms. The summed E-state index contributed by atoms with van der Waals surface area (Å²) in [6, 6.07) is -0.301. The van der Waals surface area contributed by atoms with E-state index in [1.807, 2.05) is 0 Å². The highest BCUT2D eigenvalue weighted by Gasteiger charge is 2.16. The largest absolute Gasteiger partial charge is 0.395 e. The van der Waals surface area contributed by atoms with Gasteiger partial charge in [-0.2, -0.15) is 0 Å². The Bertz CT molecular complexity index is 77.6. The van der Waals surface area contributed by atoms with Crippen molar-refractivity contribution in [1.82, 2.24) is 0 Å². The number of aliphatic hydroxyl groups excluding tert-OH is 1. The van der Waals surface area contributed by atoms with Crippen LogP contribution in [0.1, 0.15) is 20.3 Å². The fourth-order valence-electron chi connectivity index (χ4n) is 0.706. The monoisotopic (exact) mass is 133 g/mol. The van der Waals surface area contributed by atoms with Crippen LogP contribution in [-0.4, -0.2) is 28.5 Å². The molecule has 0 aliphatic rings. The van der Waals surface area contributed by atoms with Crippen LogP contribution < -0.4 is 5.73 Å². The minimum absolute atomic E-state index is 0.0655. The second-order valence-corrected chi connectivity index (χ2v) is 2.96. The summed E-state index contributed by atoms with van der Waals surface area (Å²) < 4.78 is 0. The minimum Gasteiger partial charge on any atom is -0.395 e. The third-order valence-corrected chi connectivity index (χ3v) is 0.996. The maximum atomic E-state index is 9.13. The molecule has 3 nitrogen and oxygen atoms in total. The van der Waals surface area contributed by atoms with Crippen molar-refractivity contribution in [3.05, 3.63) is 0 Å². The molecule has 0 aromatic carbocycles. The molecule has 4 N–H and O–H groups in total. The van der Waals surface area contributed by atoms with Crippen molar-refractivity contribution < 1.29 is 10.2 Å². The number of nitrogens with two attached hydrogens (primary N) is 1. The van der Waals surface area contributed by atoms with Gasteiger partial charge in [0.05, 0.1) is 12.2 Å². The predicted octanol–water partition coefficient (Wildman–Crippen LogP) is -0.533. The van der Waals surface area contributed by atoms with Gasteiger partial charge in [-0.3, -0.25) is 0 Å². The van der Waals surface area contributed by atoms with Gasteiger partial charge in [0, 0.05) is 6.04 Å². The van der Waals surface area contributed by atoms with Crippen LogP contribution in [0.4, 0.5) is 0 Å². The smallest absolute Gasteiger partial charge is 0.0607 e. The van der Waals surface area contributed by atoms with Crippen molar-refractivity contribution in [3.8, 4) is 0 Å². The normalized spacial score (nSPS) is 15.7. The molecule has 0 saturated carbocycles. The first-order valence-corrected chi connectivity index (χ1v) is 3.04. The van der Waals surface area contributed by atoms with Crippen LogP contribution in [0.3, 0.4) is 0 Å². The van der Waals surface area contributed by atoms with E-state index in [0.29, 0.717) is 6.42 Å². The summed E-state index contributed by atoms with van der Waals surface area (Å²) >= 11 is 0. The third kappa shape index (κ3) is 5.76. The highest BCUT2D eigenvalue weighted by atomic mass is 16.3. The molecule has 0 amide bonds. The molecule has 0 fully saturated rings. The van der Waals surface area contributed by atoms with Gasteiger partial charge >= 0.3 is 0 Å². The fraction of sp³-hybridized carbons (Fsp3) is 1.00. The number of aliphatic hydroxyl groups is 2. The van der Waals surface area contributed by atoms with Crippen LogP contribution in [0.5, 0.6) is 0 Å². The molecule has 1 atom stereocenters. The lowest BCUT2D eigenvalue weighted by atomic mass is 10.0. The van der Waals surface area contributed by atoms with Crippen LogP contribution in [0.15, 0.2) is 0 Å². The van der Waals surface area contributed by atoms with Gasteiger partial charge in [0.15, 0.2) is 0 Å². The van der Waals surface area contributed by atoms with Crippen LogP contribution >= 0.6 is 0 Å². The molecule has 0 spiro atoms. The van der Waals surface area contributed by atoms with Gasteiger partial charge in [0.2, 0.25) is 0 Å². The van der Waals surface area contributed by atoms with Crippen molar-refractivity contribution in [2.24, 2.45) is 5.73 Å². The fourth-order valence-corrected chi connectivity index (χ4v) is 0.706. The van der Waals surface area contributed by atoms with Crippen LogP contribution in [0.2, 0.25) is 0 Å². The molecule has 0 rings (SSSR count). The van der Waals surface area contributed by atoms with Gasteiger partial charge in [-0.1, -0.05) is 0 Å². The van der Waals surface area contributed by atoms with Gasteiger partial charge in [-0.05, 0) is 20.3 Å². The van der Waals surface area contributed by atoms with E-state index in [4.69, 9.17) is 15.9 Å². The Hall–Kier alpha value is -0.120. The van der Waals surface area contributed by atoms with Gasteiger partial charge in [-0.25, -0.2) is 0 Å². The van der Waals surface area contributed by atoms with E-state index in [-0.39, 0.29) is 12.6 Å². The topological polar surface area (TPSA) is 66.5 Å². The maximum absolute atomic E-state index is 9.13. The molecule has 0 radical (unpaired) electrons. The zero-order valence-corrected chi connectivity index (χ0v) is 5.96. The van der Waals surface area contributed by atoms with Crippen molar-refractivity contribution in [3.63, 3.8) is 0 Å². The molecule has 9 heavy (non-hydrogen) atoms. The Morgan fingerprint density at radius 2 is 2.00 bits per heavy atom. The van der Waals surface area contributed by atoms with Gasteiger partial charge in [0.25, 0.3) is 0 Å². The molecule has 0 bridgehead atoms. The first-order chi connectivity index (χ1) is 3.95. The van der Waals surface area contributed by atoms with Crippen molar-refractivity contribution >= 4 is 0 Å². The Morgan fingerprint density at radius 3 is 2.11 bits per heavy atom. The van der Waals surface area contributed by atoms with E-state index in [1.54, 1.807) is 13.8 Å². The molecule has 0 aliphatic carbocycles. The van der Waals surface area contributed by atoms with Crippen molar-refractivity contribution in [1.29, 1.82) is 0 Å². The lowest BCUT2D eigenvalue weighted by Crippen LogP contribution is -2.34. The number of hydrogen-bond acceptors (Lipinski definition) is 3. The Morgan fingerprint density at radius 1 is 1.56 bits per heavy atom. The molecular weight excluding hydrogens is 118 g/mol. The summed E-state index contributed by atoms with van der Waals surface area (Å²) in [6.07, 6.45) is 0.434. The Kier molecular flexibility index (Phi) is 3.11. The average molecular weight is 133 g/mol. The Balaban J connectivity index is 3.47. The van der Waals surface area contributed by atoms with Crippen molar-refractivity contribution in [2.45, 2.75) is 31.9 Å². The van der Waals surface area contributed by atoms with E-state index in [0.717, 1.165) is 0 Å². The molecule has 0 aliphatic heterocycles. The lowest BCUT2D eigenvalue weighted by Gasteiger charge is -2.20. The molecule has 0 heterocycles. The zero-order valence-electron chi connectivity index (χ0n) is 5.96. The Labute approximate surface area is 55.5 Å². The van der Waals surface area contributed by atoms with E-state index in [2.05, 4.69) is 0 Å². The zero-order chi connectivity index (χ0) is 7.49. The summed E-state index contributed by atoms with van der Waals surface area (Å²) in [5.41, 5.74) is 4.59. The number of rotatable bonds is 3. The van der Waals surface area contributed by atoms with E-state index < -0.39 is 5.60 Å².